The Morgan fingerprint density at radius 3 is 3.07 bits per heavy atom. The molecule has 1 atom stereocenters. The van der Waals surface area contributed by atoms with Crippen molar-refractivity contribution in [1.29, 1.82) is 0 Å². The molecule has 14 heavy (non-hydrogen) atoms. The van der Waals surface area contributed by atoms with Crippen LogP contribution in [0.25, 0.3) is 0 Å². The highest BCUT2D eigenvalue weighted by Crippen LogP contribution is 2.31. The fourth-order valence-corrected chi connectivity index (χ4v) is 2.63. The van der Waals surface area contributed by atoms with Gasteiger partial charge in [0.2, 0.25) is 5.91 Å². The second kappa shape index (κ2) is 4.08. The number of aromatic nitrogens is 1. The van der Waals surface area contributed by atoms with Crippen LogP contribution in [0, 0.1) is 5.92 Å². The van der Waals surface area contributed by atoms with E-state index in [1.165, 1.54) is 11.3 Å². The fourth-order valence-electron chi connectivity index (χ4n) is 1.46. The van der Waals surface area contributed by atoms with E-state index in [0.29, 0.717) is 28.4 Å². The normalized spacial score (nSPS) is 22.0. The summed E-state index contributed by atoms with van der Waals surface area (Å²) in [5.74, 6) is 1.20. The van der Waals surface area contributed by atoms with E-state index in [-0.39, 0.29) is 5.91 Å². The molecule has 0 bridgehead atoms. The van der Waals surface area contributed by atoms with Crippen molar-refractivity contribution in [2.24, 2.45) is 5.92 Å². The lowest BCUT2D eigenvalue weighted by Gasteiger charge is -2.11. The molecule has 6 heteroatoms. The lowest BCUT2D eigenvalue weighted by molar-refractivity contribution is -0.117. The molecule has 0 spiro atoms. The van der Waals surface area contributed by atoms with Gasteiger partial charge in [0.25, 0.3) is 0 Å². The number of rotatable bonds is 2. The van der Waals surface area contributed by atoms with Crippen LogP contribution in [-0.2, 0) is 4.79 Å². The lowest BCUT2D eigenvalue weighted by atomic mass is 10.1. The molecule has 1 unspecified atom stereocenters. The molecule has 1 aromatic heterocycles. The molecule has 1 aliphatic rings. The van der Waals surface area contributed by atoms with Gasteiger partial charge in [0, 0.05) is 13.0 Å². The van der Waals surface area contributed by atoms with Crippen LogP contribution in [0.15, 0.2) is 6.20 Å². The van der Waals surface area contributed by atoms with Crippen LogP contribution in [0.5, 0.6) is 0 Å². The molecule has 2 heterocycles. The summed E-state index contributed by atoms with van der Waals surface area (Å²) in [5.41, 5.74) is 0. The van der Waals surface area contributed by atoms with Gasteiger partial charge in [-0.15, -0.1) is 0 Å². The van der Waals surface area contributed by atoms with Gasteiger partial charge in [-0.25, -0.2) is 4.98 Å². The Hall–Kier alpha value is -0.260. The second-order valence-corrected chi connectivity index (χ2v) is 5.21. The number of thiazole rings is 1. The molecule has 1 fully saturated rings. The monoisotopic (exact) mass is 248 g/mol. The van der Waals surface area contributed by atoms with Crippen molar-refractivity contribution >= 4 is 46.6 Å². The zero-order valence-corrected chi connectivity index (χ0v) is 9.78. The number of hydrogen-bond acceptors (Lipinski definition) is 4. The third-order valence-electron chi connectivity index (χ3n) is 2.16. The zero-order chi connectivity index (χ0) is 10.1. The van der Waals surface area contributed by atoms with Gasteiger partial charge >= 0.3 is 0 Å². The van der Waals surface area contributed by atoms with E-state index in [2.05, 4.69) is 17.6 Å². The molecule has 0 saturated carbocycles. The van der Waals surface area contributed by atoms with Gasteiger partial charge in [-0.1, -0.05) is 22.9 Å². The summed E-state index contributed by atoms with van der Waals surface area (Å²) in [4.78, 5) is 17.3. The first-order valence-corrected chi connectivity index (χ1v) is 6.06. The Labute approximate surface area is 96.5 Å². The van der Waals surface area contributed by atoms with Crippen molar-refractivity contribution in [2.45, 2.75) is 6.42 Å². The first kappa shape index (κ1) is 10.3. The summed E-state index contributed by atoms with van der Waals surface area (Å²) in [6, 6.07) is 0. The third kappa shape index (κ3) is 1.89. The maximum Gasteiger partial charge on any atom is 0.229 e. The van der Waals surface area contributed by atoms with Crippen LogP contribution in [0.4, 0.5) is 5.13 Å². The maximum absolute atomic E-state index is 11.6. The van der Waals surface area contributed by atoms with Gasteiger partial charge in [0.05, 0.1) is 6.20 Å². The smallest absolute Gasteiger partial charge is 0.229 e. The molecule has 1 saturated heterocycles. The summed E-state index contributed by atoms with van der Waals surface area (Å²) >= 11 is 11.3. The molecular formula is C8H9ClN2OS2. The zero-order valence-electron chi connectivity index (χ0n) is 7.31. The van der Waals surface area contributed by atoms with Crippen molar-refractivity contribution in [1.82, 2.24) is 4.98 Å². The van der Waals surface area contributed by atoms with Crippen molar-refractivity contribution in [3.8, 4) is 0 Å². The first-order chi connectivity index (χ1) is 6.70. The number of thiol groups is 1. The molecule has 1 aliphatic heterocycles. The minimum absolute atomic E-state index is 0.120. The van der Waals surface area contributed by atoms with Gasteiger partial charge in [-0.05, 0) is 11.7 Å². The van der Waals surface area contributed by atoms with Crippen LogP contribution in [0.1, 0.15) is 6.42 Å². The predicted octanol–water partition coefficient (Wildman–Crippen LogP) is 2.08. The highest BCUT2D eigenvalue weighted by atomic mass is 35.5. The standard InChI is InChI=1S/C8H9ClN2OS2/c9-6-2-10-8(14-6)11-3-5(4-13)1-7(11)12/h2,5,13H,1,3-4H2. The molecule has 1 amide bonds. The molecule has 2 rings (SSSR count). The minimum Gasteiger partial charge on any atom is -0.288 e. The van der Waals surface area contributed by atoms with Gasteiger partial charge < -0.3 is 0 Å². The Morgan fingerprint density at radius 2 is 2.57 bits per heavy atom. The SMILES string of the molecule is O=C1CC(CS)CN1c1ncc(Cl)s1. The highest BCUT2D eigenvalue weighted by Gasteiger charge is 2.31. The molecule has 3 nitrogen and oxygen atoms in total. The van der Waals surface area contributed by atoms with Crippen LogP contribution >= 0.6 is 35.6 Å². The molecule has 76 valence electrons. The summed E-state index contributed by atoms with van der Waals surface area (Å²) in [7, 11) is 0. The Bertz CT molecular complexity index is 355. The number of amides is 1. The minimum atomic E-state index is 0.120. The third-order valence-corrected chi connectivity index (χ3v) is 3.81. The summed E-state index contributed by atoms with van der Waals surface area (Å²) in [5, 5.41) is 0.698. The summed E-state index contributed by atoms with van der Waals surface area (Å²) in [6.07, 6.45) is 2.14. The van der Waals surface area contributed by atoms with E-state index in [4.69, 9.17) is 11.6 Å². The van der Waals surface area contributed by atoms with Crippen molar-refractivity contribution in [3.63, 3.8) is 0 Å². The van der Waals surface area contributed by atoms with Crippen LogP contribution in [-0.4, -0.2) is 23.2 Å². The number of nitrogens with zero attached hydrogens (tertiary/aromatic N) is 2. The van der Waals surface area contributed by atoms with E-state index in [1.54, 1.807) is 11.1 Å². The van der Waals surface area contributed by atoms with E-state index >= 15 is 0 Å². The molecule has 1 aromatic rings. The largest absolute Gasteiger partial charge is 0.288 e. The Morgan fingerprint density at radius 1 is 1.79 bits per heavy atom. The number of anilines is 1. The molecule has 0 aliphatic carbocycles. The number of carbonyl (C=O) groups is 1. The first-order valence-electron chi connectivity index (χ1n) is 4.23. The van der Waals surface area contributed by atoms with Gasteiger partial charge in [0.15, 0.2) is 5.13 Å². The molecule has 0 N–H and O–H groups in total. The molecular weight excluding hydrogens is 240 g/mol. The summed E-state index contributed by atoms with van der Waals surface area (Å²) in [6.45, 7) is 0.714. The van der Waals surface area contributed by atoms with Crippen molar-refractivity contribution in [2.75, 3.05) is 17.2 Å². The maximum atomic E-state index is 11.6. The lowest BCUT2D eigenvalue weighted by Crippen LogP contribution is -2.24. The van der Waals surface area contributed by atoms with Crippen molar-refractivity contribution in [3.05, 3.63) is 10.5 Å². The average Bonchev–Trinajstić information content (AvgIpc) is 2.71. The quantitative estimate of drug-likeness (QED) is 0.813. The van der Waals surface area contributed by atoms with Gasteiger partial charge in [-0.3, -0.25) is 9.69 Å². The average molecular weight is 249 g/mol. The Kier molecular flexibility index (Phi) is 2.99. The van der Waals surface area contributed by atoms with E-state index in [1.807, 2.05) is 0 Å². The van der Waals surface area contributed by atoms with Crippen LogP contribution in [0.2, 0.25) is 4.34 Å². The fraction of sp³-hybridized carbons (Fsp3) is 0.500. The van der Waals surface area contributed by atoms with Crippen LogP contribution < -0.4 is 4.90 Å². The summed E-state index contributed by atoms with van der Waals surface area (Å²) < 4.78 is 0.613. The van der Waals surface area contributed by atoms with Gasteiger partial charge in [0.1, 0.15) is 4.34 Å². The second-order valence-electron chi connectivity index (χ2n) is 3.20. The molecule has 0 radical (unpaired) electrons. The number of hydrogen-bond donors (Lipinski definition) is 1. The Balaban J connectivity index is 2.16. The van der Waals surface area contributed by atoms with E-state index in [0.717, 1.165) is 5.75 Å². The number of carbonyl (C=O) groups excluding carboxylic acids is 1. The van der Waals surface area contributed by atoms with Crippen molar-refractivity contribution < 1.29 is 4.79 Å². The van der Waals surface area contributed by atoms with E-state index in [9.17, 15) is 4.79 Å². The highest BCUT2D eigenvalue weighted by molar-refractivity contribution is 7.80. The number of halogens is 1. The van der Waals surface area contributed by atoms with Gasteiger partial charge in [-0.2, -0.15) is 12.6 Å². The van der Waals surface area contributed by atoms with Crippen LogP contribution in [0.3, 0.4) is 0 Å². The predicted molar refractivity (Wildman–Crippen MR) is 61.4 cm³/mol. The van der Waals surface area contributed by atoms with E-state index < -0.39 is 0 Å². The molecule has 0 aromatic carbocycles. The topological polar surface area (TPSA) is 33.2 Å².